The van der Waals surface area contributed by atoms with Gasteiger partial charge in [-0.05, 0) is 48.2 Å². The Kier molecular flexibility index (Phi) is 4.93. The Bertz CT molecular complexity index is 1300. The maximum absolute atomic E-state index is 12.4. The molecular weight excluding hydrogens is 430 g/mol. The molecule has 0 bridgehead atoms. The maximum Gasteiger partial charge on any atom is 0.254 e. The lowest BCUT2D eigenvalue weighted by molar-refractivity contribution is -0.142. The smallest absolute Gasteiger partial charge is 0.254 e. The van der Waals surface area contributed by atoms with E-state index in [9.17, 15) is 9.90 Å². The molecule has 2 heterocycles. The number of rotatable bonds is 4. The standard InChI is InChI=1S/C27H25N3O2S/c31-26(27(32)12-13-27)30-16-14-29(15-17-30)22-9-6-19(7-10-22)21-8-11-23-24(18-21)33-25(28-23)20-4-2-1-3-5-20/h1-11,18,32H,12-17H2. The van der Waals surface area contributed by atoms with E-state index < -0.39 is 5.60 Å². The Morgan fingerprint density at radius 2 is 1.55 bits per heavy atom. The number of fused-ring (bicyclic) bond motifs is 1. The topological polar surface area (TPSA) is 56.7 Å². The second-order valence-corrected chi connectivity index (χ2v) is 9.96. The van der Waals surface area contributed by atoms with Gasteiger partial charge in [0.25, 0.3) is 5.91 Å². The van der Waals surface area contributed by atoms with Crippen LogP contribution in [-0.2, 0) is 4.79 Å². The number of anilines is 1. The van der Waals surface area contributed by atoms with Crippen molar-refractivity contribution in [2.24, 2.45) is 0 Å². The van der Waals surface area contributed by atoms with Crippen LogP contribution in [0.15, 0.2) is 72.8 Å². The quantitative estimate of drug-likeness (QED) is 0.480. The second kappa shape index (κ2) is 7.97. The van der Waals surface area contributed by atoms with Gasteiger partial charge in [-0.2, -0.15) is 0 Å². The van der Waals surface area contributed by atoms with Crippen LogP contribution in [0.1, 0.15) is 12.8 Å². The fourth-order valence-electron chi connectivity index (χ4n) is 4.47. The third-order valence-corrected chi connectivity index (χ3v) is 7.73. The number of hydrogen-bond acceptors (Lipinski definition) is 5. The van der Waals surface area contributed by atoms with Crippen molar-refractivity contribution in [3.63, 3.8) is 0 Å². The van der Waals surface area contributed by atoms with E-state index in [0.29, 0.717) is 25.9 Å². The Hall–Kier alpha value is -3.22. The van der Waals surface area contributed by atoms with Gasteiger partial charge in [0, 0.05) is 37.4 Å². The van der Waals surface area contributed by atoms with Crippen molar-refractivity contribution in [3.8, 4) is 21.7 Å². The van der Waals surface area contributed by atoms with Gasteiger partial charge < -0.3 is 14.9 Å². The minimum absolute atomic E-state index is 0.0913. The van der Waals surface area contributed by atoms with Crippen molar-refractivity contribution in [3.05, 3.63) is 72.8 Å². The number of aliphatic hydroxyl groups is 1. The van der Waals surface area contributed by atoms with E-state index in [1.807, 2.05) is 23.1 Å². The number of amides is 1. The molecule has 6 rings (SSSR count). The van der Waals surface area contributed by atoms with Gasteiger partial charge in [0.05, 0.1) is 10.2 Å². The summed E-state index contributed by atoms with van der Waals surface area (Å²) in [5, 5.41) is 11.1. The van der Waals surface area contributed by atoms with Crippen LogP contribution in [-0.4, -0.2) is 52.7 Å². The van der Waals surface area contributed by atoms with Crippen LogP contribution < -0.4 is 4.90 Å². The van der Waals surface area contributed by atoms with Crippen LogP contribution >= 0.6 is 11.3 Å². The van der Waals surface area contributed by atoms with Gasteiger partial charge in [0.1, 0.15) is 10.6 Å². The SMILES string of the molecule is O=C(N1CCN(c2ccc(-c3ccc4nc(-c5ccccc5)sc4c3)cc2)CC1)C1(O)CC1. The third kappa shape index (κ3) is 3.90. The zero-order chi connectivity index (χ0) is 22.4. The molecule has 1 saturated carbocycles. The average Bonchev–Trinajstić information content (AvgIpc) is 3.48. The lowest BCUT2D eigenvalue weighted by Crippen LogP contribution is -2.52. The molecule has 1 N–H and O–H groups in total. The summed E-state index contributed by atoms with van der Waals surface area (Å²) in [7, 11) is 0. The molecule has 1 amide bonds. The fraction of sp³-hybridized carbons (Fsp3) is 0.259. The highest BCUT2D eigenvalue weighted by Gasteiger charge is 2.50. The van der Waals surface area contributed by atoms with E-state index in [4.69, 9.17) is 4.98 Å². The summed E-state index contributed by atoms with van der Waals surface area (Å²) in [6.07, 6.45) is 1.21. The molecule has 1 aromatic heterocycles. The number of piperazine rings is 1. The highest BCUT2D eigenvalue weighted by Crippen LogP contribution is 2.37. The number of benzene rings is 3. The van der Waals surface area contributed by atoms with Gasteiger partial charge in [0.2, 0.25) is 0 Å². The first-order valence-electron chi connectivity index (χ1n) is 11.4. The molecule has 4 aromatic rings. The monoisotopic (exact) mass is 455 g/mol. The van der Waals surface area contributed by atoms with E-state index in [-0.39, 0.29) is 5.91 Å². The summed E-state index contributed by atoms with van der Waals surface area (Å²) in [5.74, 6) is -0.0913. The Morgan fingerprint density at radius 3 is 2.24 bits per heavy atom. The largest absolute Gasteiger partial charge is 0.380 e. The summed E-state index contributed by atoms with van der Waals surface area (Å²) in [6.45, 7) is 2.90. The number of aromatic nitrogens is 1. The van der Waals surface area contributed by atoms with E-state index in [0.717, 1.165) is 29.2 Å². The van der Waals surface area contributed by atoms with Crippen LogP contribution in [0.2, 0.25) is 0 Å². The van der Waals surface area contributed by atoms with E-state index in [2.05, 4.69) is 59.5 Å². The Labute approximate surface area is 196 Å². The van der Waals surface area contributed by atoms with Gasteiger partial charge in [-0.3, -0.25) is 4.79 Å². The number of carbonyl (C=O) groups excluding carboxylic acids is 1. The van der Waals surface area contributed by atoms with E-state index >= 15 is 0 Å². The average molecular weight is 456 g/mol. The Morgan fingerprint density at radius 1 is 0.848 bits per heavy atom. The van der Waals surface area contributed by atoms with Crippen LogP contribution in [0.3, 0.4) is 0 Å². The molecule has 5 nitrogen and oxygen atoms in total. The first-order chi connectivity index (χ1) is 16.1. The first-order valence-corrected chi connectivity index (χ1v) is 12.2. The maximum atomic E-state index is 12.4. The molecular formula is C27H25N3O2S. The highest BCUT2D eigenvalue weighted by molar-refractivity contribution is 7.21. The predicted octanol–water partition coefficient (Wildman–Crippen LogP) is 4.80. The van der Waals surface area contributed by atoms with Crippen LogP contribution in [0.5, 0.6) is 0 Å². The molecule has 166 valence electrons. The van der Waals surface area contributed by atoms with Crippen molar-refractivity contribution in [2.45, 2.75) is 18.4 Å². The van der Waals surface area contributed by atoms with Gasteiger partial charge in [0.15, 0.2) is 0 Å². The van der Waals surface area contributed by atoms with Crippen LogP contribution in [0, 0.1) is 0 Å². The van der Waals surface area contributed by atoms with Crippen LogP contribution in [0.25, 0.3) is 31.9 Å². The fourth-order valence-corrected chi connectivity index (χ4v) is 5.48. The number of hydrogen-bond donors (Lipinski definition) is 1. The van der Waals surface area contributed by atoms with Gasteiger partial charge in [-0.25, -0.2) is 4.98 Å². The van der Waals surface area contributed by atoms with E-state index in [1.165, 1.54) is 21.5 Å². The van der Waals surface area contributed by atoms with Gasteiger partial charge >= 0.3 is 0 Å². The number of nitrogens with zero attached hydrogens (tertiary/aromatic N) is 3. The zero-order valence-corrected chi connectivity index (χ0v) is 19.1. The van der Waals surface area contributed by atoms with Gasteiger partial charge in [-0.1, -0.05) is 48.5 Å². The molecule has 6 heteroatoms. The number of carbonyl (C=O) groups is 1. The molecule has 0 unspecified atom stereocenters. The molecule has 3 aromatic carbocycles. The zero-order valence-electron chi connectivity index (χ0n) is 18.3. The summed E-state index contributed by atoms with van der Waals surface area (Å²) in [5.41, 5.74) is 4.65. The molecule has 2 fully saturated rings. The van der Waals surface area contributed by atoms with Gasteiger partial charge in [-0.15, -0.1) is 11.3 Å². The molecule has 1 aliphatic heterocycles. The lowest BCUT2D eigenvalue weighted by Gasteiger charge is -2.37. The van der Waals surface area contributed by atoms with Crippen molar-refractivity contribution in [1.29, 1.82) is 0 Å². The van der Waals surface area contributed by atoms with Crippen molar-refractivity contribution in [1.82, 2.24) is 9.88 Å². The highest BCUT2D eigenvalue weighted by atomic mass is 32.1. The Balaban J connectivity index is 1.16. The number of thiazole rings is 1. The first kappa shape index (κ1) is 20.4. The normalized spacial score (nSPS) is 17.4. The molecule has 1 aliphatic carbocycles. The summed E-state index contributed by atoms with van der Waals surface area (Å²) < 4.78 is 1.19. The van der Waals surface area contributed by atoms with E-state index in [1.54, 1.807) is 11.3 Å². The van der Waals surface area contributed by atoms with Crippen molar-refractivity contribution >= 4 is 33.1 Å². The molecule has 0 spiro atoms. The minimum atomic E-state index is -1.06. The molecule has 1 saturated heterocycles. The second-order valence-electron chi connectivity index (χ2n) is 8.93. The van der Waals surface area contributed by atoms with Crippen molar-refractivity contribution < 1.29 is 9.90 Å². The summed E-state index contributed by atoms with van der Waals surface area (Å²) in [6, 6.07) is 25.4. The van der Waals surface area contributed by atoms with Crippen LogP contribution in [0.4, 0.5) is 5.69 Å². The summed E-state index contributed by atoms with van der Waals surface area (Å²) in [4.78, 5) is 21.3. The summed E-state index contributed by atoms with van der Waals surface area (Å²) >= 11 is 1.72. The molecule has 2 aliphatic rings. The molecule has 33 heavy (non-hydrogen) atoms. The lowest BCUT2D eigenvalue weighted by atomic mass is 10.0. The third-order valence-electron chi connectivity index (χ3n) is 6.66. The minimum Gasteiger partial charge on any atom is -0.380 e. The molecule has 0 radical (unpaired) electrons. The predicted molar refractivity (Wildman–Crippen MR) is 133 cm³/mol. The molecule has 0 atom stereocenters. The van der Waals surface area contributed by atoms with Crippen molar-refractivity contribution in [2.75, 3.05) is 31.1 Å².